The molecule has 1 amide bonds. The summed E-state index contributed by atoms with van der Waals surface area (Å²) in [5.41, 5.74) is -0.632. The van der Waals surface area contributed by atoms with Crippen LogP contribution in [0.2, 0.25) is 0 Å². The molecule has 0 aliphatic heterocycles. The maximum Gasteiger partial charge on any atom is 0.425 e. The molecule has 1 saturated carbocycles. The van der Waals surface area contributed by atoms with Crippen LogP contribution in [-0.4, -0.2) is 33.8 Å². The zero-order valence-electron chi connectivity index (χ0n) is 8.21. The predicted molar refractivity (Wildman–Crippen MR) is 48.1 cm³/mol. The number of alkyl halides is 3. The van der Waals surface area contributed by atoms with Gasteiger partial charge in [-0.25, -0.2) is 10.2 Å². The second-order valence-corrected chi connectivity index (χ2v) is 3.62. The van der Waals surface area contributed by atoms with Crippen molar-refractivity contribution >= 4 is 11.8 Å². The predicted octanol–water partition coefficient (Wildman–Crippen LogP) is 1.48. The van der Waals surface area contributed by atoms with Crippen molar-refractivity contribution in [3.05, 3.63) is 0 Å². The molecule has 5 nitrogen and oxygen atoms in total. The number of halogens is 3. The summed E-state index contributed by atoms with van der Waals surface area (Å²) < 4.78 is 37.1. The molecule has 1 fully saturated rings. The van der Waals surface area contributed by atoms with E-state index in [0.29, 0.717) is 5.71 Å². The van der Waals surface area contributed by atoms with Crippen LogP contribution in [-0.2, 0) is 0 Å². The lowest BCUT2D eigenvalue weighted by Gasteiger charge is -2.34. The molecule has 3 N–H and O–H groups in total. The third kappa shape index (κ3) is 2.84. The maximum absolute atomic E-state index is 12.4. The summed E-state index contributed by atoms with van der Waals surface area (Å²) in [6.45, 7) is 0. The molecule has 1 aliphatic carbocycles. The summed E-state index contributed by atoms with van der Waals surface area (Å²) in [5, 5.41) is 20.9. The summed E-state index contributed by atoms with van der Waals surface area (Å²) in [6, 6.07) is 0. The Kier molecular flexibility index (Phi) is 3.41. The van der Waals surface area contributed by atoms with Crippen LogP contribution in [0.15, 0.2) is 5.10 Å². The molecule has 0 aromatic rings. The molecule has 0 spiro atoms. The maximum atomic E-state index is 12.4. The van der Waals surface area contributed by atoms with Crippen LogP contribution in [0, 0.1) is 0 Å². The van der Waals surface area contributed by atoms with Crippen molar-refractivity contribution in [1.29, 1.82) is 0 Å². The Hall–Kier alpha value is -1.31. The van der Waals surface area contributed by atoms with Gasteiger partial charge in [-0.1, -0.05) is 0 Å². The van der Waals surface area contributed by atoms with Crippen LogP contribution in [0.4, 0.5) is 18.0 Å². The number of nitrogens with zero attached hydrogens (tertiary/aromatic N) is 1. The number of carbonyl (C=O) groups is 1. The zero-order valence-corrected chi connectivity index (χ0v) is 8.21. The fraction of sp³-hybridized carbons (Fsp3) is 0.750. The Morgan fingerprint density at radius 2 is 1.88 bits per heavy atom. The summed E-state index contributed by atoms with van der Waals surface area (Å²) >= 11 is 0. The Morgan fingerprint density at radius 1 is 1.38 bits per heavy atom. The van der Waals surface area contributed by atoms with Gasteiger partial charge in [-0.15, -0.1) is 0 Å². The number of nitrogens with one attached hydrogen (secondary N) is 1. The van der Waals surface area contributed by atoms with Gasteiger partial charge in [0.05, 0.1) is 0 Å². The minimum atomic E-state index is -4.65. The lowest BCUT2D eigenvalue weighted by atomic mass is 9.83. The van der Waals surface area contributed by atoms with E-state index in [2.05, 4.69) is 5.10 Å². The van der Waals surface area contributed by atoms with Crippen LogP contribution in [0.3, 0.4) is 0 Å². The van der Waals surface area contributed by atoms with E-state index in [1.807, 2.05) is 0 Å². The molecule has 1 aliphatic rings. The fourth-order valence-electron chi connectivity index (χ4n) is 1.47. The monoisotopic (exact) mass is 240 g/mol. The molecule has 92 valence electrons. The van der Waals surface area contributed by atoms with E-state index in [4.69, 9.17) is 5.11 Å². The second kappa shape index (κ2) is 4.28. The van der Waals surface area contributed by atoms with Crippen molar-refractivity contribution in [3.63, 3.8) is 0 Å². The van der Waals surface area contributed by atoms with Crippen molar-refractivity contribution in [1.82, 2.24) is 5.43 Å². The van der Waals surface area contributed by atoms with E-state index >= 15 is 0 Å². The fourth-order valence-corrected chi connectivity index (χ4v) is 1.47. The van der Waals surface area contributed by atoms with Crippen LogP contribution >= 0.6 is 0 Å². The number of hydrogen-bond acceptors (Lipinski definition) is 3. The third-order valence-corrected chi connectivity index (χ3v) is 2.49. The average Bonchev–Trinajstić information content (AvgIpc) is 2.15. The van der Waals surface area contributed by atoms with E-state index in [1.165, 1.54) is 0 Å². The van der Waals surface area contributed by atoms with E-state index < -0.39 is 30.7 Å². The lowest BCUT2D eigenvalue weighted by molar-refractivity contribution is -0.265. The SMILES string of the molecule is O=C(O)NN=C1CCC(O)(C(F)(F)F)CC1. The van der Waals surface area contributed by atoms with Crippen molar-refractivity contribution in [2.24, 2.45) is 5.10 Å². The number of hydrazone groups is 1. The molecule has 8 heteroatoms. The molecule has 0 unspecified atom stereocenters. The topological polar surface area (TPSA) is 81.9 Å². The standard InChI is InChI=1S/C8H11F3N2O3/c9-8(10,11)7(16)3-1-5(2-4-7)12-13-6(14)15/h13,16H,1-4H2,(H,14,15). The van der Waals surface area contributed by atoms with E-state index in [9.17, 15) is 23.1 Å². The molecule has 0 radical (unpaired) electrons. The molecular formula is C8H11F3N2O3. The molecule has 0 aromatic carbocycles. The van der Waals surface area contributed by atoms with E-state index in [0.717, 1.165) is 0 Å². The first-order valence-corrected chi connectivity index (χ1v) is 4.58. The quantitative estimate of drug-likeness (QED) is 0.607. The summed E-state index contributed by atoms with van der Waals surface area (Å²) in [4.78, 5) is 10.1. The van der Waals surface area contributed by atoms with E-state index in [1.54, 1.807) is 5.43 Å². The van der Waals surface area contributed by atoms with Gasteiger partial charge in [0, 0.05) is 5.71 Å². The van der Waals surface area contributed by atoms with Crippen LogP contribution < -0.4 is 5.43 Å². The van der Waals surface area contributed by atoms with Crippen molar-refractivity contribution in [2.45, 2.75) is 37.5 Å². The molecule has 16 heavy (non-hydrogen) atoms. The average molecular weight is 240 g/mol. The molecule has 0 aromatic heterocycles. The Balaban J connectivity index is 2.57. The van der Waals surface area contributed by atoms with Gasteiger partial charge in [-0.3, -0.25) is 0 Å². The largest absolute Gasteiger partial charge is 0.464 e. The normalized spacial score (nSPS) is 26.4. The lowest BCUT2D eigenvalue weighted by Crippen LogP contribution is -2.48. The smallest absolute Gasteiger partial charge is 0.425 e. The first kappa shape index (κ1) is 12.8. The number of amides is 1. The van der Waals surface area contributed by atoms with Gasteiger partial charge in [-0.2, -0.15) is 18.3 Å². The minimum Gasteiger partial charge on any atom is -0.464 e. The van der Waals surface area contributed by atoms with Gasteiger partial charge >= 0.3 is 12.3 Å². The van der Waals surface area contributed by atoms with Crippen molar-refractivity contribution in [2.75, 3.05) is 0 Å². The summed E-state index contributed by atoms with van der Waals surface area (Å²) in [7, 11) is 0. The number of hydrogen-bond donors (Lipinski definition) is 3. The highest BCUT2D eigenvalue weighted by Gasteiger charge is 2.54. The number of carboxylic acid groups (broad SMARTS) is 1. The summed E-state index contributed by atoms with van der Waals surface area (Å²) in [6.07, 6.45) is -7.15. The first-order chi connectivity index (χ1) is 7.24. The Labute approximate surface area is 88.9 Å². The van der Waals surface area contributed by atoms with Gasteiger partial charge in [0.1, 0.15) is 0 Å². The second-order valence-electron chi connectivity index (χ2n) is 3.62. The molecule has 1 rings (SSSR count). The highest BCUT2D eigenvalue weighted by Crippen LogP contribution is 2.40. The van der Waals surface area contributed by atoms with Crippen LogP contribution in [0.5, 0.6) is 0 Å². The minimum absolute atomic E-state index is 0.0731. The van der Waals surface area contributed by atoms with Crippen LogP contribution in [0.1, 0.15) is 25.7 Å². The number of aliphatic hydroxyl groups is 1. The zero-order chi connectivity index (χ0) is 12.4. The van der Waals surface area contributed by atoms with Gasteiger partial charge in [0.25, 0.3) is 0 Å². The Bertz CT molecular complexity index is 304. The molecule has 0 saturated heterocycles. The van der Waals surface area contributed by atoms with Gasteiger partial charge < -0.3 is 10.2 Å². The third-order valence-electron chi connectivity index (χ3n) is 2.49. The molecule has 0 heterocycles. The molecular weight excluding hydrogens is 229 g/mol. The molecule has 0 atom stereocenters. The van der Waals surface area contributed by atoms with Crippen molar-refractivity contribution < 1.29 is 28.2 Å². The highest BCUT2D eigenvalue weighted by molar-refractivity contribution is 5.86. The Morgan fingerprint density at radius 3 is 2.25 bits per heavy atom. The number of rotatable bonds is 1. The summed E-state index contributed by atoms with van der Waals surface area (Å²) in [5.74, 6) is 0. The van der Waals surface area contributed by atoms with Gasteiger partial charge in [0.2, 0.25) is 0 Å². The van der Waals surface area contributed by atoms with Gasteiger partial charge in [0.15, 0.2) is 5.60 Å². The molecule has 0 bridgehead atoms. The highest BCUT2D eigenvalue weighted by atomic mass is 19.4. The van der Waals surface area contributed by atoms with E-state index in [-0.39, 0.29) is 12.8 Å². The van der Waals surface area contributed by atoms with Crippen LogP contribution in [0.25, 0.3) is 0 Å². The van der Waals surface area contributed by atoms with Crippen molar-refractivity contribution in [3.8, 4) is 0 Å². The van der Waals surface area contributed by atoms with Gasteiger partial charge in [-0.05, 0) is 25.7 Å². The first-order valence-electron chi connectivity index (χ1n) is 4.58.